The average molecular weight is 242 g/mol. The van der Waals surface area contributed by atoms with Gasteiger partial charge in [-0.3, -0.25) is 4.79 Å². The first-order valence-electron chi connectivity index (χ1n) is 6.78. The van der Waals surface area contributed by atoms with Gasteiger partial charge in [0.25, 0.3) is 0 Å². The number of nitrogens with one attached hydrogen (secondary N) is 1. The number of rotatable bonds is 7. The SMILES string of the molecule is CCCCC(NCC1CCCN(C)C1)C(=O)O. The van der Waals surface area contributed by atoms with E-state index in [1.165, 1.54) is 19.4 Å². The Morgan fingerprint density at radius 3 is 2.94 bits per heavy atom. The first-order chi connectivity index (χ1) is 8.13. The van der Waals surface area contributed by atoms with Crippen molar-refractivity contribution in [2.45, 2.75) is 45.1 Å². The third-order valence-corrected chi connectivity index (χ3v) is 3.52. The van der Waals surface area contributed by atoms with Crippen LogP contribution in [0.3, 0.4) is 0 Å². The summed E-state index contributed by atoms with van der Waals surface area (Å²) in [7, 11) is 2.14. The topological polar surface area (TPSA) is 52.6 Å². The van der Waals surface area contributed by atoms with Crippen molar-refractivity contribution in [3.05, 3.63) is 0 Å². The van der Waals surface area contributed by atoms with Crippen molar-refractivity contribution < 1.29 is 9.90 Å². The maximum atomic E-state index is 11.1. The van der Waals surface area contributed by atoms with Gasteiger partial charge in [0.05, 0.1) is 0 Å². The number of hydrogen-bond acceptors (Lipinski definition) is 3. The fraction of sp³-hybridized carbons (Fsp3) is 0.923. The summed E-state index contributed by atoms with van der Waals surface area (Å²) in [5, 5.41) is 12.3. The minimum Gasteiger partial charge on any atom is -0.480 e. The molecule has 1 saturated heterocycles. The number of carboxylic acid groups (broad SMARTS) is 1. The quantitative estimate of drug-likeness (QED) is 0.711. The van der Waals surface area contributed by atoms with Gasteiger partial charge >= 0.3 is 5.97 Å². The second-order valence-electron chi connectivity index (χ2n) is 5.21. The van der Waals surface area contributed by atoms with Crippen LogP contribution in [0, 0.1) is 5.92 Å². The van der Waals surface area contributed by atoms with Gasteiger partial charge in [-0.05, 0) is 45.3 Å². The van der Waals surface area contributed by atoms with Crippen molar-refractivity contribution in [1.82, 2.24) is 10.2 Å². The van der Waals surface area contributed by atoms with Crippen molar-refractivity contribution in [1.29, 1.82) is 0 Å². The number of aliphatic carboxylic acids is 1. The first kappa shape index (κ1) is 14.5. The van der Waals surface area contributed by atoms with Crippen LogP contribution in [-0.2, 0) is 4.79 Å². The molecule has 0 aliphatic carbocycles. The number of likely N-dealkylation sites (tertiary alicyclic amines) is 1. The predicted octanol–water partition coefficient (Wildman–Crippen LogP) is 1.56. The Hall–Kier alpha value is -0.610. The highest BCUT2D eigenvalue weighted by atomic mass is 16.4. The van der Waals surface area contributed by atoms with E-state index in [9.17, 15) is 4.79 Å². The molecule has 4 nitrogen and oxygen atoms in total. The van der Waals surface area contributed by atoms with Crippen LogP contribution in [0.2, 0.25) is 0 Å². The smallest absolute Gasteiger partial charge is 0.320 e. The van der Waals surface area contributed by atoms with Crippen LogP contribution in [0.15, 0.2) is 0 Å². The second-order valence-corrected chi connectivity index (χ2v) is 5.21. The lowest BCUT2D eigenvalue weighted by molar-refractivity contribution is -0.139. The van der Waals surface area contributed by atoms with Gasteiger partial charge in [0, 0.05) is 6.54 Å². The number of carboxylic acids is 1. The molecule has 0 amide bonds. The zero-order chi connectivity index (χ0) is 12.7. The number of hydrogen-bond donors (Lipinski definition) is 2. The van der Waals surface area contributed by atoms with E-state index in [0.29, 0.717) is 5.92 Å². The van der Waals surface area contributed by atoms with E-state index in [4.69, 9.17) is 5.11 Å². The Morgan fingerprint density at radius 1 is 1.59 bits per heavy atom. The zero-order valence-electron chi connectivity index (χ0n) is 11.1. The lowest BCUT2D eigenvalue weighted by Gasteiger charge is -2.30. The highest BCUT2D eigenvalue weighted by molar-refractivity contribution is 5.73. The minimum atomic E-state index is -0.706. The largest absolute Gasteiger partial charge is 0.480 e. The Morgan fingerprint density at radius 2 is 2.35 bits per heavy atom. The molecule has 100 valence electrons. The molecule has 0 aromatic carbocycles. The van der Waals surface area contributed by atoms with E-state index < -0.39 is 5.97 Å². The summed E-state index contributed by atoms with van der Waals surface area (Å²) < 4.78 is 0. The molecule has 0 bridgehead atoms. The predicted molar refractivity (Wildman–Crippen MR) is 69.2 cm³/mol. The molecule has 17 heavy (non-hydrogen) atoms. The molecule has 1 rings (SSSR count). The molecule has 1 fully saturated rings. The molecule has 0 radical (unpaired) electrons. The van der Waals surface area contributed by atoms with E-state index >= 15 is 0 Å². The summed E-state index contributed by atoms with van der Waals surface area (Å²) in [6.45, 7) is 5.20. The van der Waals surface area contributed by atoms with E-state index in [0.717, 1.165) is 32.4 Å². The third-order valence-electron chi connectivity index (χ3n) is 3.52. The maximum absolute atomic E-state index is 11.1. The van der Waals surface area contributed by atoms with Crippen LogP contribution in [0.4, 0.5) is 0 Å². The minimum absolute atomic E-state index is 0.359. The van der Waals surface area contributed by atoms with Gasteiger partial charge in [-0.15, -0.1) is 0 Å². The van der Waals surface area contributed by atoms with Gasteiger partial charge in [-0.1, -0.05) is 19.8 Å². The van der Waals surface area contributed by atoms with Crippen molar-refractivity contribution in [2.24, 2.45) is 5.92 Å². The molecule has 0 spiro atoms. The molecule has 2 N–H and O–H groups in total. The van der Waals surface area contributed by atoms with Crippen LogP contribution in [0.1, 0.15) is 39.0 Å². The summed E-state index contributed by atoms with van der Waals surface area (Å²) in [5.41, 5.74) is 0. The summed E-state index contributed by atoms with van der Waals surface area (Å²) in [5.74, 6) is -0.0974. The van der Waals surface area contributed by atoms with Gasteiger partial charge in [0.2, 0.25) is 0 Å². The molecular formula is C13H26N2O2. The summed E-state index contributed by atoms with van der Waals surface area (Å²) in [6, 6.07) is -0.359. The van der Waals surface area contributed by atoms with Crippen molar-refractivity contribution >= 4 is 5.97 Å². The third kappa shape index (κ3) is 5.50. The number of carbonyl (C=O) groups is 1. The standard InChI is InChI=1S/C13H26N2O2/c1-3-4-7-12(13(16)17)14-9-11-6-5-8-15(2)10-11/h11-12,14H,3-10H2,1-2H3,(H,16,17). The van der Waals surface area contributed by atoms with Gasteiger partial charge in [0.15, 0.2) is 0 Å². The molecule has 4 heteroatoms. The molecule has 2 atom stereocenters. The highest BCUT2D eigenvalue weighted by Gasteiger charge is 2.21. The maximum Gasteiger partial charge on any atom is 0.320 e. The van der Waals surface area contributed by atoms with E-state index in [-0.39, 0.29) is 6.04 Å². The molecular weight excluding hydrogens is 216 g/mol. The van der Waals surface area contributed by atoms with E-state index in [1.807, 2.05) is 0 Å². The Bertz CT molecular complexity index is 233. The van der Waals surface area contributed by atoms with Gasteiger partial charge in [-0.2, -0.15) is 0 Å². The van der Waals surface area contributed by atoms with E-state index in [1.54, 1.807) is 0 Å². The van der Waals surface area contributed by atoms with Crippen molar-refractivity contribution in [3.8, 4) is 0 Å². The average Bonchev–Trinajstić information content (AvgIpc) is 2.28. The summed E-state index contributed by atoms with van der Waals surface area (Å²) in [6.07, 6.45) is 5.23. The Kier molecular flexibility index (Phi) is 6.52. The fourth-order valence-electron chi connectivity index (χ4n) is 2.47. The molecule has 1 aliphatic heterocycles. The van der Waals surface area contributed by atoms with Crippen LogP contribution < -0.4 is 5.32 Å². The number of unbranched alkanes of at least 4 members (excludes halogenated alkanes) is 1. The normalized spacial score (nSPS) is 23.5. The Labute approximate surface area is 104 Å². The Balaban J connectivity index is 2.27. The summed E-state index contributed by atoms with van der Waals surface area (Å²) >= 11 is 0. The first-order valence-corrected chi connectivity index (χ1v) is 6.78. The zero-order valence-corrected chi connectivity index (χ0v) is 11.1. The molecule has 1 heterocycles. The fourth-order valence-corrected chi connectivity index (χ4v) is 2.47. The van der Waals surface area contributed by atoms with Crippen molar-refractivity contribution in [2.75, 3.05) is 26.7 Å². The molecule has 0 aromatic rings. The monoisotopic (exact) mass is 242 g/mol. The van der Waals surface area contributed by atoms with Crippen LogP contribution in [0.5, 0.6) is 0 Å². The van der Waals surface area contributed by atoms with Gasteiger partial charge in [0.1, 0.15) is 6.04 Å². The highest BCUT2D eigenvalue weighted by Crippen LogP contribution is 2.14. The molecule has 0 aromatic heterocycles. The lowest BCUT2D eigenvalue weighted by atomic mass is 9.98. The number of nitrogens with zero attached hydrogens (tertiary/aromatic N) is 1. The molecule has 0 saturated carbocycles. The van der Waals surface area contributed by atoms with Crippen LogP contribution >= 0.6 is 0 Å². The number of piperidine rings is 1. The lowest BCUT2D eigenvalue weighted by Crippen LogP contribution is -2.43. The van der Waals surface area contributed by atoms with Gasteiger partial charge in [-0.25, -0.2) is 0 Å². The second kappa shape index (κ2) is 7.67. The molecule has 1 aliphatic rings. The van der Waals surface area contributed by atoms with Crippen molar-refractivity contribution in [3.63, 3.8) is 0 Å². The van der Waals surface area contributed by atoms with E-state index in [2.05, 4.69) is 24.2 Å². The molecule has 2 unspecified atom stereocenters. The van der Waals surface area contributed by atoms with Gasteiger partial charge < -0.3 is 15.3 Å². The summed E-state index contributed by atoms with van der Waals surface area (Å²) in [4.78, 5) is 13.4. The van der Waals surface area contributed by atoms with Crippen LogP contribution in [0.25, 0.3) is 0 Å². The van der Waals surface area contributed by atoms with Crippen LogP contribution in [-0.4, -0.2) is 48.7 Å².